The minimum absolute atomic E-state index is 0.0747. The first-order valence-electron chi connectivity index (χ1n) is 11.6. The number of nitrogens with one attached hydrogen (secondary N) is 1. The predicted octanol–water partition coefficient (Wildman–Crippen LogP) is 2.51. The summed E-state index contributed by atoms with van der Waals surface area (Å²) in [5.41, 5.74) is 2.92. The predicted molar refractivity (Wildman–Crippen MR) is 130 cm³/mol. The van der Waals surface area contributed by atoms with Crippen molar-refractivity contribution in [1.29, 1.82) is 0 Å². The molecular formula is C26H27FN4O4. The van der Waals surface area contributed by atoms with Crippen molar-refractivity contribution in [1.82, 2.24) is 20.2 Å². The number of halogens is 1. The van der Waals surface area contributed by atoms with Gasteiger partial charge < -0.3 is 24.5 Å². The maximum atomic E-state index is 14.6. The van der Waals surface area contributed by atoms with Crippen LogP contribution in [0.5, 0.6) is 5.88 Å². The number of nitrogens with zero attached hydrogens (tertiary/aromatic N) is 3. The highest BCUT2D eigenvalue weighted by Gasteiger charge is 2.30. The third kappa shape index (κ3) is 5.17. The standard InChI is InChI=1S/C26H27FN4O4/c1-34-24-6-4-21-26(30-24)19(20(27)13-29-21)8-9-31-14-18(22(32)15-31)12-28-11-16-2-5-23-17(10-16)3-7-25(33)35-23/h2-7,10,13,18,22,28,32H,8-9,11-12,14-15H2,1H3. The number of hydrogen-bond donors (Lipinski definition) is 2. The molecule has 0 bridgehead atoms. The van der Waals surface area contributed by atoms with E-state index in [0.717, 1.165) is 17.5 Å². The smallest absolute Gasteiger partial charge is 0.336 e. The van der Waals surface area contributed by atoms with E-state index < -0.39 is 6.10 Å². The summed E-state index contributed by atoms with van der Waals surface area (Å²) in [7, 11) is 1.53. The largest absolute Gasteiger partial charge is 0.481 e. The first-order valence-corrected chi connectivity index (χ1v) is 11.6. The lowest BCUT2D eigenvalue weighted by molar-refractivity contribution is 0.140. The third-order valence-electron chi connectivity index (χ3n) is 6.53. The van der Waals surface area contributed by atoms with Crippen molar-refractivity contribution in [3.8, 4) is 5.88 Å². The fourth-order valence-corrected chi connectivity index (χ4v) is 4.66. The zero-order valence-electron chi connectivity index (χ0n) is 19.4. The quantitative estimate of drug-likeness (QED) is 0.373. The Bertz CT molecular complexity index is 1410. The number of β-amino-alcohol motifs (C(OH)–C–C–N with tert-alkyl or cyclic N) is 1. The molecule has 5 rings (SSSR count). The van der Waals surface area contributed by atoms with E-state index in [1.807, 2.05) is 12.1 Å². The highest BCUT2D eigenvalue weighted by atomic mass is 19.1. The molecule has 4 heterocycles. The SMILES string of the molecule is COc1ccc2ncc(F)c(CCN3CC(O)C(CNCc4ccc5oc(=O)ccc5c4)C3)c2n1. The number of rotatable bonds is 8. The molecule has 2 N–H and O–H groups in total. The number of benzene rings is 1. The van der Waals surface area contributed by atoms with Crippen molar-refractivity contribution in [2.45, 2.75) is 19.1 Å². The van der Waals surface area contributed by atoms with Crippen molar-refractivity contribution in [3.05, 3.63) is 76.0 Å². The number of likely N-dealkylation sites (tertiary alicyclic amines) is 1. The molecule has 9 heteroatoms. The highest BCUT2D eigenvalue weighted by molar-refractivity contribution is 5.78. The van der Waals surface area contributed by atoms with Gasteiger partial charge in [0.15, 0.2) is 0 Å². The van der Waals surface area contributed by atoms with Gasteiger partial charge in [-0.1, -0.05) is 6.07 Å². The molecular weight excluding hydrogens is 451 g/mol. The van der Waals surface area contributed by atoms with Crippen molar-refractivity contribution in [2.24, 2.45) is 5.92 Å². The van der Waals surface area contributed by atoms with E-state index in [0.29, 0.717) is 60.7 Å². The van der Waals surface area contributed by atoms with Crippen LogP contribution in [0.1, 0.15) is 11.1 Å². The maximum Gasteiger partial charge on any atom is 0.336 e. The van der Waals surface area contributed by atoms with Gasteiger partial charge >= 0.3 is 5.63 Å². The fourth-order valence-electron chi connectivity index (χ4n) is 4.66. The molecule has 1 aliphatic rings. The Morgan fingerprint density at radius 1 is 1.23 bits per heavy atom. The number of ether oxygens (including phenoxy) is 1. The summed E-state index contributed by atoms with van der Waals surface area (Å²) in [6.07, 6.45) is 1.24. The Kier molecular flexibility index (Phi) is 6.72. The number of hydrogen-bond acceptors (Lipinski definition) is 8. The van der Waals surface area contributed by atoms with Gasteiger partial charge in [-0.3, -0.25) is 4.98 Å². The molecule has 2 atom stereocenters. The van der Waals surface area contributed by atoms with Crippen LogP contribution in [0.25, 0.3) is 22.0 Å². The third-order valence-corrected chi connectivity index (χ3v) is 6.53. The van der Waals surface area contributed by atoms with E-state index in [1.54, 1.807) is 24.3 Å². The number of aliphatic hydroxyl groups excluding tert-OH is 1. The van der Waals surface area contributed by atoms with Crippen LogP contribution < -0.4 is 15.7 Å². The van der Waals surface area contributed by atoms with Gasteiger partial charge in [0.2, 0.25) is 5.88 Å². The Balaban J connectivity index is 1.17. The first-order chi connectivity index (χ1) is 17.0. The number of fused-ring (bicyclic) bond motifs is 2. The van der Waals surface area contributed by atoms with Gasteiger partial charge in [0, 0.05) is 61.7 Å². The first kappa shape index (κ1) is 23.3. The lowest BCUT2D eigenvalue weighted by atomic mass is 10.1. The fraction of sp³-hybridized carbons (Fsp3) is 0.346. The van der Waals surface area contributed by atoms with Gasteiger partial charge in [-0.2, -0.15) is 0 Å². The van der Waals surface area contributed by atoms with Gasteiger partial charge in [0.05, 0.1) is 30.4 Å². The molecule has 0 amide bonds. The second-order valence-corrected chi connectivity index (χ2v) is 8.90. The van der Waals surface area contributed by atoms with Gasteiger partial charge in [0.1, 0.15) is 11.4 Å². The van der Waals surface area contributed by atoms with Crippen LogP contribution in [-0.4, -0.2) is 59.4 Å². The molecule has 0 aliphatic carbocycles. The van der Waals surface area contributed by atoms with Crippen LogP contribution in [0.4, 0.5) is 4.39 Å². The summed E-state index contributed by atoms with van der Waals surface area (Å²) in [5, 5.41) is 14.9. The molecule has 1 saturated heterocycles. The van der Waals surface area contributed by atoms with E-state index >= 15 is 0 Å². The van der Waals surface area contributed by atoms with Gasteiger partial charge in [-0.25, -0.2) is 14.2 Å². The minimum Gasteiger partial charge on any atom is -0.481 e. The van der Waals surface area contributed by atoms with Gasteiger partial charge in [0.25, 0.3) is 0 Å². The van der Waals surface area contributed by atoms with Crippen molar-refractivity contribution >= 4 is 22.0 Å². The lowest BCUT2D eigenvalue weighted by Crippen LogP contribution is -2.30. The molecule has 182 valence electrons. The molecule has 0 radical (unpaired) electrons. The molecule has 2 unspecified atom stereocenters. The number of aromatic nitrogens is 2. The van der Waals surface area contributed by atoms with Crippen LogP contribution >= 0.6 is 0 Å². The lowest BCUT2D eigenvalue weighted by Gasteiger charge is -2.17. The average molecular weight is 479 g/mol. The van der Waals surface area contributed by atoms with Crippen LogP contribution in [0.15, 0.2) is 57.9 Å². The highest BCUT2D eigenvalue weighted by Crippen LogP contribution is 2.23. The number of methoxy groups -OCH3 is 1. The zero-order chi connectivity index (χ0) is 24.4. The minimum atomic E-state index is -0.453. The topological polar surface area (TPSA) is 101 Å². The van der Waals surface area contributed by atoms with Crippen molar-refractivity contribution in [2.75, 3.05) is 33.3 Å². The number of aliphatic hydroxyl groups is 1. The second-order valence-electron chi connectivity index (χ2n) is 8.90. The normalized spacial score (nSPS) is 18.5. The van der Waals surface area contributed by atoms with Gasteiger partial charge in [-0.05, 0) is 36.2 Å². The van der Waals surface area contributed by atoms with E-state index in [-0.39, 0.29) is 17.4 Å². The molecule has 1 aromatic carbocycles. The summed E-state index contributed by atoms with van der Waals surface area (Å²) >= 11 is 0. The maximum absolute atomic E-state index is 14.6. The summed E-state index contributed by atoms with van der Waals surface area (Å²) < 4.78 is 24.9. The molecule has 4 aromatic rings. The van der Waals surface area contributed by atoms with Crippen molar-refractivity contribution in [3.63, 3.8) is 0 Å². The molecule has 1 fully saturated rings. The van der Waals surface area contributed by atoms with Crippen LogP contribution in [-0.2, 0) is 13.0 Å². The summed E-state index contributed by atoms with van der Waals surface area (Å²) in [6, 6.07) is 12.4. The molecule has 0 saturated carbocycles. The Morgan fingerprint density at radius 2 is 2.11 bits per heavy atom. The van der Waals surface area contributed by atoms with Gasteiger partial charge in [-0.15, -0.1) is 0 Å². The van der Waals surface area contributed by atoms with E-state index in [1.165, 1.54) is 19.4 Å². The van der Waals surface area contributed by atoms with Crippen LogP contribution in [0.3, 0.4) is 0 Å². The molecule has 3 aromatic heterocycles. The Morgan fingerprint density at radius 3 is 2.97 bits per heavy atom. The Hall–Kier alpha value is -3.40. The molecule has 8 nitrogen and oxygen atoms in total. The monoisotopic (exact) mass is 478 g/mol. The average Bonchev–Trinajstić information content (AvgIpc) is 3.22. The Labute approximate surface area is 201 Å². The second kappa shape index (κ2) is 10.1. The van der Waals surface area contributed by atoms with E-state index in [9.17, 15) is 14.3 Å². The summed E-state index contributed by atoms with van der Waals surface area (Å²) in [4.78, 5) is 22.0. The van der Waals surface area contributed by atoms with Crippen LogP contribution in [0, 0.1) is 11.7 Å². The van der Waals surface area contributed by atoms with E-state index in [4.69, 9.17) is 9.15 Å². The molecule has 1 aliphatic heterocycles. The summed E-state index contributed by atoms with van der Waals surface area (Å²) in [5.74, 6) is 0.112. The van der Waals surface area contributed by atoms with Crippen molar-refractivity contribution < 1.29 is 18.7 Å². The zero-order valence-corrected chi connectivity index (χ0v) is 19.4. The summed E-state index contributed by atoms with van der Waals surface area (Å²) in [6.45, 7) is 3.17. The van der Waals surface area contributed by atoms with E-state index in [2.05, 4.69) is 20.2 Å². The molecule has 0 spiro atoms. The van der Waals surface area contributed by atoms with Crippen LogP contribution in [0.2, 0.25) is 0 Å². The number of pyridine rings is 2. The molecule has 35 heavy (non-hydrogen) atoms.